The average Bonchev–Trinajstić information content (AvgIpc) is 2.69. The van der Waals surface area contributed by atoms with Crippen molar-refractivity contribution in [2.45, 2.75) is 26.0 Å². The van der Waals surface area contributed by atoms with Crippen molar-refractivity contribution in [1.29, 1.82) is 0 Å². The van der Waals surface area contributed by atoms with E-state index in [4.69, 9.17) is 27.9 Å². The van der Waals surface area contributed by atoms with Crippen molar-refractivity contribution in [2.24, 2.45) is 0 Å². The molecule has 28 heavy (non-hydrogen) atoms. The zero-order valence-electron chi connectivity index (χ0n) is 15.3. The van der Waals surface area contributed by atoms with Gasteiger partial charge in [-0.2, -0.15) is 0 Å². The maximum absolute atomic E-state index is 14.1. The van der Waals surface area contributed by atoms with E-state index in [2.05, 4.69) is 29.2 Å². The SMILES string of the molecule is Fc1cc(Cl)ccc1COc1ccc(Cl)cc1CN1CCCc2ccccc21. The van der Waals surface area contributed by atoms with E-state index in [9.17, 15) is 4.39 Å². The molecule has 0 spiro atoms. The van der Waals surface area contributed by atoms with E-state index in [1.807, 2.05) is 12.1 Å². The summed E-state index contributed by atoms with van der Waals surface area (Å²) < 4.78 is 20.0. The summed E-state index contributed by atoms with van der Waals surface area (Å²) in [6.07, 6.45) is 2.21. The number of halogens is 3. The van der Waals surface area contributed by atoms with Gasteiger partial charge in [-0.15, -0.1) is 0 Å². The molecule has 0 atom stereocenters. The van der Waals surface area contributed by atoms with Crippen molar-refractivity contribution in [1.82, 2.24) is 0 Å². The van der Waals surface area contributed by atoms with Crippen LogP contribution < -0.4 is 9.64 Å². The molecule has 1 aliphatic rings. The standard InChI is InChI=1S/C23H20Cl2FNO/c24-19-9-10-23(28-15-17-7-8-20(25)13-21(17)26)18(12-19)14-27-11-3-5-16-4-1-2-6-22(16)27/h1-2,4,6-10,12-13H,3,5,11,14-15H2. The van der Waals surface area contributed by atoms with Crippen molar-refractivity contribution in [2.75, 3.05) is 11.4 Å². The smallest absolute Gasteiger partial charge is 0.131 e. The van der Waals surface area contributed by atoms with Gasteiger partial charge in [-0.3, -0.25) is 0 Å². The highest BCUT2D eigenvalue weighted by Gasteiger charge is 2.18. The molecule has 2 nitrogen and oxygen atoms in total. The summed E-state index contributed by atoms with van der Waals surface area (Å²) in [7, 11) is 0. The molecule has 0 N–H and O–H groups in total. The second-order valence-corrected chi connectivity index (χ2v) is 7.80. The van der Waals surface area contributed by atoms with Crippen LogP contribution in [0.15, 0.2) is 60.7 Å². The Hall–Kier alpha value is -2.23. The van der Waals surface area contributed by atoms with Crippen molar-refractivity contribution >= 4 is 28.9 Å². The fourth-order valence-corrected chi connectivity index (χ4v) is 3.94. The van der Waals surface area contributed by atoms with E-state index in [-0.39, 0.29) is 12.4 Å². The zero-order valence-corrected chi connectivity index (χ0v) is 16.8. The number of hydrogen-bond acceptors (Lipinski definition) is 2. The topological polar surface area (TPSA) is 12.5 Å². The van der Waals surface area contributed by atoms with Gasteiger partial charge in [0.1, 0.15) is 18.2 Å². The average molecular weight is 416 g/mol. The Bertz CT molecular complexity index is 992. The van der Waals surface area contributed by atoms with Crippen LogP contribution in [0.1, 0.15) is 23.1 Å². The van der Waals surface area contributed by atoms with Crippen molar-refractivity contribution in [3.05, 3.63) is 93.2 Å². The van der Waals surface area contributed by atoms with Gasteiger partial charge in [-0.05, 0) is 54.8 Å². The summed E-state index contributed by atoms with van der Waals surface area (Å²) >= 11 is 12.1. The molecule has 0 radical (unpaired) electrons. The number of anilines is 1. The predicted molar refractivity (Wildman–Crippen MR) is 113 cm³/mol. The molecular weight excluding hydrogens is 396 g/mol. The molecule has 0 bridgehead atoms. The zero-order chi connectivity index (χ0) is 19.5. The lowest BCUT2D eigenvalue weighted by Crippen LogP contribution is -2.28. The lowest BCUT2D eigenvalue weighted by molar-refractivity contribution is 0.296. The summed E-state index contributed by atoms with van der Waals surface area (Å²) in [5, 5.41) is 1.03. The molecule has 0 saturated carbocycles. The number of aryl methyl sites for hydroxylation is 1. The first-order valence-corrected chi connectivity index (χ1v) is 10.0. The minimum Gasteiger partial charge on any atom is -0.488 e. The molecule has 0 aliphatic carbocycles. The Morgan fingerprint density at radius 2 is 1.71 bits per heavy atom. The molecule has 4 rings (SSSR count). The van der Waals surface area contributed by atoms with E-state index in [1.54, 1.807) is 18.2 Å². The van der Waals surface area contributed by atoms with Crippen LogP contribution in [0.2, 0.25) is 10.0 Å². The molecular formula is C23H20Cl2FNO. The van der Waals surface area contributed by atoms with Gasteiger partial charge < -0.3 is 9.64 Å². The summed E-state index contributed by atoms with van der Waals surface area (Å²) in [6.45, 7) is 1.80. The van der Waals surface area contributed by atoms with Crippen LogP contribution in [0, 0.1) is 5.82 Å². The van der Waals surface area contributed by atoms with E-state index in [0.29, 0.717) is 27.9 Å². The molecule has 0 fully saturated rings. The molecule has 1 aliphatic heterocycles. The second-order valence-electron chi connectivity index (χ2n) is 6.93. The Morgan fingerprint density at radius 3 is 2.57 bits per heavy atom. The van der Waals surface area contributed by atoms with Crippen LogP contribution in [0.4, 0.5) is 10.1 Å². The minimum absolute atomic E-state index is 0.133. The van der Waals surface area contributed by atoms with E-state index in [0.717, 1.165) is 24.9 Å². The Kier molecular flexibility index (Phi) is 5.74. The quantitative estimate of drug-likeness (QED) is 0.461. The highest BCUT2D eigenvalue weighted by atomic mass is 35.5. The number of para-hydroxylation sites is 1. The third kappa shape index (κ3) is 4.26. The maximum Gasteiger partial charge on any atom is 0.131 e. The first-order chi connectivity index (χ1) is 13.6. The molecule has 0 aromatic heterocycles. The van der Waals surface area contributed by atoms with E-state index >= 15 is 0 Å². The Labute approximate surface area is 174 Å². The molecule has 1 heterocycles. The van der Waals surface area contributed by atoms with Crippen LogP contribution in [-0.2, 0) is 19.6 Å². The number of rotatable bonds is 5. The van der Waals surface area contributed by atoms with Gasteiger partial charge in [-0.25, -0.2) is 4.39 Å². The highest BCUT2D eigenvalue weighted by molar-refractivity contribution is 6.30. The monoisotopic (exact) mass is 415 g/mol. The molecule has 3 aromatic carbocycles. The number of ether oxygens (including phenoxy) is 1. The normalized spacial score (nSPS) is 13.3. The summed E-state index contributed by atoms with van der Waals surface area (Å²) in [5.41, 5.74) is 4.07. The van der Waals surface area contributed by atoms with Crippen molar-refractivity contribution in [3.63, 3.8) is 0 Å². The Balaban J connectivity index is 1.56. The van der Waals surface area contributed by atoms with Crippen molar-refractivity contribution in [3.8, 4) is 5.75 Å². The van der Waals surface area contributed by atoms with Crippen LogP contribution in [0.25, 0.3) is 0 Å². The fourth-order valence-electron chi connectivity index (χ4n) is 3.59. The number of hydrogen-bond donors (Lipinski definition) is 0. The van der Waals surface area contributed by atoms with Crippen LogP contribution in [0.5, 0.6) is 5.75 Å². The predicted octanol–water partition coefficient (Wildman–Crippen LogP) is 6.66. The largest absolute Gasteiger partial charge is 0.488 e. The lowest BCUT2D eigenvalue weighted by Gasteiger charge is -2.32. The highest BCUT2D eigenvalue weighted by Crippen LogP contribution is 2.32. The number of benzene rings is 3. The lowest BCUT2D eigenvalue weighted by atomic mass is 10.0. The Morgan fingerprint density at radius 1 is 0.929 bits per heavy atom. The summed E-state index contributed by atoms with van der Waals surface area (Å²) in [6, 6.07) is 18.7. The van der Waals surface area contributed by atoms with Crippen molar-refractivity contribution < 1.29 is 9.13 Å². The number of fused-ring (bicyclic) bond motifs is 1. The molecule has 3 aromatic rings. The van der Waals surface area contributed by atoms with Gasteiger partial charge in [0.25, 0.3) is 0 Å². The third-order valence-electron chi connectivity index (χ3n) is 4.99. The van der Waals surface area contributed by atoms with E-state index in [1.165, 1.54) is 17.3 Å². The van der Waals surface area contributed by atoms with Gasteiger partial charge in [0.15, 0.2) is 0 Å². The third-order valence-corrected chi connectivity index (χ3v) is 5.46. The van der Waals surface area contributed by atoms with Crippen LogP contribution in [0.3, 0.4) is 0 Å². The van der Waals surface area contributed by atoms with Gasteiger partial charge in [-0.1, -0.05) is 47.5 Å². The molecule has 144 valence electrons. The van der Waals surface area contributed by atoms with Crippen LogP contribution >= 0.6 is 23.2 Å². The molecule has 0 unspecified atom stereocenters. The van der Waals surface area contributed by atoms with Gasteiger partial charge in [0.2, 0.25) is 0 Å². The first-order valence-electron chi connectivity index (χ1n) is 9.28. The summed E-state index contributed by atoms with van der Waals surface area (Å²) in [5.74, 6) is 0.342. The maximum atomic E-state index is 14.1. The second kappa shape index (κ2) is 8.42. The van der Waals surface area contributed by atoms with E-state index < -0.39 is 0 Å². The first kappa shape index (κ1) is 19.1. The van der Waals surface area contributed by atoms with Gasteiger partial charge in [0, 0.05) is 39.9 Å². The fraction of sp³-hybridized carbons (Fsp3) is 0.217. The van der Waals surface area contributed by atoms with Gasteiger partial charge >= 0.3 is 0 Å². The van der Waals surface area contributed by atoms with Crippen LogP contribution in [-0.4, -0.2) is 6.54 Å². The molecule has 5 heteroatoms. The molecule has 0 amide bonds. The summed E-state index contributed by atoms with van der Waals surface area (Å²) in [4.78, 5) is 2.35. The minimum atomic E-state index is -0.368. The molecule has 0 saturated heterocycles. The van der Waals surface area contributed by atoms with Gasteiger partial charge in [0.05, 0.1) is 0 Å². The number of nitrogens with zero attached hydrogens (tertiary/aromatic N) is 1.